The minimum absolute atomic E-state index is 0.169. The van der Waals surface area contributed by atoms with Gasteiger partial charge < -0.3 is 4.74 Å². The molecule has 29 heavy (non-hydrogen) atoms. The van der Waals surface area contributed by atoms with Crippen LogP contribution in [-0.4, -0.2) is 35.2 Å². The van der Waals surface area contributed by atoms with Gasteiger partial charge in [-0.1, -0.05) is 36.4 Å². The van der Waals surface area contributed by atoms with E-state index in [1.807, 2.05) is 42.1 Å². The fourth-order valence-corrected chi connectivity index (χ4v) is 4.17. The van der Waals surface area contributed by atoms with Crippen LogP contribution in [0.1, 0.15) is 18.2 Å². The number of rotatable bonds is 1. The molecule has 3 aliphatic rings. The Labute approximate surface area is 170 Å². The maximum Gasteiger partial charge on any atom is 0.332 e. The van der Waals surface area contributed by atoms with Crippen molar-refractivity contribution < 1.29 is 13.9 Å². The van der Waals surface area contributed by atoms with Gasteiger partial charge in [-0.2, -0.15) is 4.57 Å². The topological polar surface area (TPSA) is 40.8 Å². The van der Waals surface area contributed by atoms with Gasteiger partial charge in [0.05, 0.1) is 18.9 Å². The van der Waals surface area contributed by atoms with Gasteiger partial charge in [0.2, 0.25) is 0 Å². The maximum atomic E-state index is 5.60. The van der Waals surface area contributed by atoms with Crippen molar-refractivity contribution in [3.63, 3.8) is 0 Å². The number of hydrogen-bond donors (Lipinski definition) is 0. The molecule has 1 aromatic heterocycles. The van der Waals surface area contributed by atoms with E-state index in [0.29, 0.717) is 5.90 Å². The quantitative estimate of drug-likeness (QED) is 0.698. The molecule has 1 aromatic carbocycles. The number of pyridine rings is 1. The van der Waals surface area contributed by atoms with Gasteiger partial charge in [-0.3, -0.25) is 0 Å². The minimum Gasteiger partial charge on any atom is -0.478 e. The number of nitrogens with zero attached hydrogens (tertiary/aromatic N) is 4. The Morgan fingerprint density at radius 1 is 1.07 bits per heavy atom. The second-order valence-electron chi connectivity index (χ2n) is 7.26. The molecule has 1 unspecified atom stereocenters. The average molecular weight is 382 g/mol. The zero-order chi connectivity index (χ0) is 20.0. The third kappa shape index (κ3) is 2.70. The highest BCUT2D eigenvalue weighted by Crippen LogP contribution is 2.33. The van der Waals surface area contributed by atoms with Gasteiger partial charge in [0.25, 0.3) is 11.6 Å². The summed E-state index contributed by atoms with van der Waals surface area (Å²) >= 11 is 0. The SMILES string of the molecule is COC1=Nc2ccc[n+](C)c2C1=NC1=[N+]2C=CC=CC2C(C)=C1c1ccccc1. The zero-order valence-electron chi connectivity index (χ0n) is 16.7. The van der Waals surface area contributed by atoms with Gasteiger partial charge in [0, 0.05) is 6.07 Å². The summed E-state index contributed by atoms with van der Waals surface area (Å²) in [5, 5.41) is 0. The molecule has 0 spiro atoms. The Bertz CT molecular complexity index is 1200. The predicted molar refractivity (Wildman–Crippen MR) is 115 cm³/mol. The Kier molecular flexibility index (Phi) is 4.09. The number of hydrogen-bond acceptors (Lipinski definition) is 3. The second-order valence-corrected chi connectivity index (χ2v) is 7.26. The smallest absolute Gasteiger partial charge is 0.332 e. The summed E-state index contributed by atoms with van der Waals surface area (Å²) in [7, 11) is 3.65. The monoisotopic (exact) mass is 382 g/mol. The van der Waals surface area contributed by atoms with Crippen molar-refractivity contribution in [3.05, 3.63) is 89.9 Å². The lowest BCUT2D eigenvalue weighted by atomic mass is 9.98. The van der Waals surface area contributed by atoms with E-state index in [2.05, 4.69) is 59.1 Å². The van der Waals surface area contributed by atoms with E-state index in [9.17, 15) is 0 Å². The molecule has 142 valence electrons. The lowest BCUT2D eigenvalue weighted by Gasteiger charge is -2.10. The number of aryl methyl sites for hydroxylation is 1. The first kappa shape index (κ1) is 17.5. The lowest BCUT2D eigenvalue weighted by molar-refractivity contribution is -0.671. The molecular formula is C24H22N4O+2. The van der Waals surface area contributed by atoms with Crippen LogP contribution in [0.4, 0.5) is 5.69 Å². The summed E-state index contributed by atoms with van der Waals surface area (Å²) in [6, 6.07) is 14.6. The molecule has 5 rings (SSSR count). The number of allylic oxidation sites excluding steroid dienone is 2. The van der Waals surface area contributed by atoms with Gasteiger partial charge in [-0.15, -0.1) is 0 Å². The molecule has 0 saturated carbocycles. The van der Waals surface area contributed by atoms with Crippen molar-refractivity contribution in [1.29, 1.82) is 0 Å². The number of ether oxygens (including phenoxy) is 1. The highest BCUT2D eigenvalue weighted by molar-refractivity contribution is 6.50. The first-order chi connectivity index (χ1) is 14.2. The van der Waals surface area contributed by atoms with Crippen LogP contribution >= 0.6 is 0 Å². The molecule has 5 heteroatoms. The molecule has 0 amide bonds. The largest absolute Gasteiger partial charge is 0.478 e. The molecule has 0 aliphatic carbocycles. The third-order valence-electron chi connectivity index (χ3n) is 5.54. The molecule has 4 heterocycles. The van der Waals surface area contributed by atoms with Crippen molar-refractivity contribution in [1.82, 2.24) is 0 Å². The van der Waals surface area contributed by atoms with Gasteiger partial charge in [0.15, 0.2) is 6.20 Å². The predicted octanol–water partition coefficient (Wildman–Crippen LogP) is 3.34. The van der Waals surface area contributed by atoms with Gasteiger partial charge in [-0.05, 0) is 41.3 Å². The van der Waals surface area contributed by atoms with E-state index in [4.69, 9.17) is 9.73 Å². The number of aliphatic imine (C=N–C) groups is 2. The number of methoxy groups -OCH3 is 1. The Balaban J connectivity index is 1.75. The van der Waals surface area contributed by atoms with Crippen LogP contribution in [0.5, 0.6) is 0 Å². The second kappa shape index (κ2) is 6.78. The minimum atomic E-state index is 0.169. The molecule has 0 bridgehead atoms. The van der Waals surface area contributed by atoms with Crippen molar-refractivity contribution in [3.8, 4) is 0 Å². The van der Waals surface area contributed by atoms with E-state index in [-0.39, 0.29) is 6.04 Å². The molecule has 0 N–H and O–H groups in total. The van der Waals surface area contributed by atoms with Crippen LogP contribution < -0.4 is 4.57 Å². The van der Waals surface area contributed by atoms with E-state index in [0.717, 1.165) is 34.1 Å². The summed E-state index contributed by atoms with van der Waals surface area (Å²) in [6.45, 7) is 2.19. The average Bonchev–Trinajstić information content (AvgIpc) is 3.25. The highest BCUT2D eigenvalue weighted by atomic mass is 16.5. The van der Waals surface area contributed by atoms with E-state index < -0.39 is 0 Å². The van der Waals surface area contributed by atoms with Crippen molar-refractivity contribution in [2.45, 2.75) is 13.0 Å². The molecular weight excluding hydrogens is 360 g/mol. The van der Waals surface area contributed by atoms with Crippen LogP contribution in [0.25, 0.3) is 5.57 Å². The maximum absolute atomic E-state index is 5.60. The van der Waals surface area contributed by atoms with Gasteiger partial charge in [0.1, 0.15) is 18.8 Å². The summed E-state index contributed by atoms with van der Waals surface area (Å²) in [6.07, 6.45) is 10.4. The Morgan fingerprint density at radius 2 is 1.90 bits per heavy atom. The summed E-state index contributed by atoms with van der Waals surface area (Å²) in [5.74, 6) is 1.45. The zero-order valence-corrected chi connectivity index (χ0v) is 16.7. The highest BCUT2D eigenvalue weighted by Gasteiger charge is 2.42. The molecule has 0 fully saturated rings. The lowest BCUT2D eigenvalue weighted by Crippen LogP contribution is -2.37. The Hall–Kier alpha value is -3.60. The summed E-state index contributed by atoms with van der Waals surface area (Å²) < 4.78 is 9.87. The van der Waals surface area contributed by atoms with Crippen LogP contribution in [0, 0.1) is 0 Å². The van der Waals surface area contributed by atoms with E-state index >= 15 is 0 Å². The first-order valence-electron chi connectivity index (χ1n) is 9.66. The molecule has 1 atom stereocenters. The van der Waals surface area contributed by atoms with Crippen LogP contribution in [0.2, 0.25) is 0 Å². The van der Waals surface area contributed by atoms with Crippen LogP contribution in [0.15, 0.2) is 88.6 Å². The van der Waals surface area contributed by atoms with Crippen molar-refractivity contribution in [2.24, 2.45) is 17.0 Å². The van der Waals surface area contributed by atoms with Gasteiger partial charge in [-0.25, -0.2) is 9.57 Å². The first-order valence-corrected chi connectivity index (χ1v) is 9.66. The Morgan fingerprint density at radius 3 is 2.69 bits per heavy atom. The number of benzene rings is 1. The van der Waals surface area contributed by atoms with E-state index in [1.165, 1.54) is 5.57 Å². The standard InChI is InChI=1S/C24H22N4O/c1-16-19-13-7-8-15-28(19)23(20(16)17-10-5-4-6-11-17)26-21-22-18(25-24(21)29-3)12-9-14-27(22)2/h4-15,19H,1-3H3/q+2. The van der Waals surface area contributed by atoms with Gasteiger partial charge >= 0.3 is 11.5 Å². The number of amidine groups is 1. The fraction of sp³-hybridized carbons (Fsp3) is 0.167. The normalized spacial score (nSPS) is 21.0. The van der Waals surface area contributed by atoms with E-state index in [1.54, 1.807) is 7.11 Å². The number of fused-ring (bicyclic) bond motifs is 2. The summed E-state index contributed by atoms with van der Waals surface area (Å²) in [4.78, 5) is 9.80. The third-order valence-corrected chi connectivity index (χ3v) is 5.54. The molecule has 2 aromatic rings. The molecule has 5 nitrogen and oxygen atoms in total. The van der Waals surface area contributed by atoms with Crippen LogP contribution in [0.3, 0.4) is 0 Å². The van der Waals surface area contributed by atoms with Crippen molar-refractivity contribution in [2.75, 3.05) is 7.11 Å². The van der Waals surface area contributed by atoms with Crippen molar-refractivity contribution >= 4 is 28.7 Å². The molecule has 0 saturated heterocycles. The molecule has 3 aliphatic heterocycles. The van der Waals surface area contributed by atoms with Crippen LogP contribution in [-0.2, 0) is 11.8 Å². The fourth-order valence-electron chi connectivity index (χ4n) is 4.17. The number of aromatic nitrogens is 1. The molecule has 0 radical (unpaired) electrons. The summed E-state index contributed by atoms with van der Waals surface area (Å²) in [5.41, 5.74) is 6.18.